The van der Waals surface area contributed by atoms with Gasteiger partial charge in [0, 0.05) is 36.6 Å². The fraction of sp³-hybridized carbons (Fsp3) is 0.263. The Morgan fingerprint density at radius 1 is 1.22 bits per heavy atom. The van der Waals surface area contributed by atoms with Crippen molar-refractivity contribution in [2.75, 3.05) is 7.11 Å². The van der Waals surface area contributed by atoms with Crippen molar-refractivity contribution in [2.24, 2.45) is 7.05 Å². The lowest BCUT2D eigenvalue weighted by atomic mass is 10.0. The summed E-state index contributed by atoms with van der Waals surface area (Å²) in [6.45, 7) is 2.52. The maximum Gasteiger partial charge on any atom is 0.356 e. The minimum absolute atomic E-state index is 0.0682. The number of methoxy groups -OCH3 is 1. The van der Waals surface area contributed by atoms with Crippen molar-refractivity contribution in [1.82, 2.24) is 24.9 Å². The molecule has 0 aliphatic rings. The molecule has 0 unspecified atom stereocenters. The Morgan fingerprint density at radius 2 is 1.96 bits per heavy atom. The third-order valence-electron chi connectivity index (χ3n) is 4.17. The standard InChI is InChI=1S/C19H21N5O3/c1-13(12-24-10-4-9-20-24)22-18(25)15-7-5-14(6-8-15)16-11-21-23(2)17(16)19(26)27-3/h4-11,13H,12H2,1-3H3,(H,22,25)/t13-/m1/s1. The number of nitrogens with zero attached hydrogens (tertiary/aromatic N) is 4. The molecule has 0 saturated heterocycles. The van der Waals surface area contributed by atoms with E-state index >= 15 is 0 Å². The predicted octanol–water partition coefficient (Wildman–Crippen LogP) is 1.89. The second kappa shape index (κ2) is 7.86. The van der Waals surface area contributed by atoms with Crippen LogP contribution in [0, 0.1) is 0 Å². The molecule has 0 aliphatic heterocycles. The molecule has 1 N–H and O–H groups in total. The number of aryl methyl sites for hydroxylation is 1. The molecule has 0 saturated carbocycles. The molecule has 1 amide bonds. The highest BCUT2D eigenvalue weighted by atomic mass is 16.5. The quantitative estimate of drug-likeness (QED) is 0.672. The normalized spacial score (nSPS) is 11.8. The van der Waals surface area contributed by atoms with Gasteiger partial charge in [-0.25, -0.2) is 4.79 Å². The van der Waals surface area contributed by atoms with E-state index < -0.39 is 5.97 Å². The fourth-order valence-electron chi connectivity index (χ4n) is 2.83. The second-order valence-electron chi connectivity index (χ2n) is 6.20. The number of ether oxygens (including phenoxy) is 1. The molecule has 2 heterocycles. The van der Waals surface area contributed by atoms with Crippen LogP contribution in [0.2, 0.25) is 0 Å². The average Bonchev–Trinajstić information content (AvgIpc) is 3.30. The van der Waals surface area contributed by atoms with Gasteiger partial charge in [0.25, 0.3) is 5.91 Å². The van der Waals surface area contributed by atoms with Crippen LogP contribution in [0.15, 0.2) is 48.9 Å². The van der Waals surface area contributed by atoms with E-state index in [2.05, 4.69) is 15.5 Å². The molecular weight excluding hydrogens is 346 g/mol. The van der Waals surface area contributed by atoms with Crippen LogP contribution in [-0.4, -0.2) is 44.6 Å². The van der Waals surface area contributed by atoms with Crippen molar-refractivity contribution in [3.8, 4) is 11.1 Å². The van der Waals surface area contributed by atoms with E-state index in [4.69, 9.17) is 4.74 Å². The van der Waals surface area contributed by atoms with Crippen molar-refractivity contribution >= 4 is 11.9 Å². The minimum atomic E-state index is -0.459. The van der Waals surface area contributed by atoms with Crippen molar-refractivity contribution in [1.29, 1.82) is 0 Å². The molecule has 3 aromatic rings. The predicted molar refractivity (Wildman–Crippen MR) is 99.1 cm³/mol. The molecule has 3 rings (SSSR count). The number of esters is 1. The number of carbonyl (C=O) groups excluding carboxylic acids is 2. The van der Waals surface area contributed by atoms with Crippen molar-refractivity contribution in [3.63, 3.8) is 0 Å². The number of nitrogens with one attached hydrogen (secondary N) is 1. The molecule has 0 fully saturated rings. The SMILES string of the molecule is COC(=O)c1c(-c2ccc(C(=O)N[C@H](C)Cn3cccn3)cc2)cnn1C. The van der Waals surface area contributed by atoms with E-state index in [9.17, 15) is 9.59 Å². The Bertz CT molecular complexity index is 929. The van der Waals surface area contributed by atoms with Gasteiger partial charge in [-0.2, -0.15) is 10.2 Å². The van der Waals surface area contributed by atoms with Gasteiger partial charge >= 0.3 is 5.97 Å². The summed E-state index contributed by atoms with van der Waals surface area (Å²) in [4.78, 5) is 24.4. The van der Waals surface area contributed by atoms with Gasteiger partial charge in [-0.05, 0) is 30.7 Å². The van der Waals surface area contributed by atoms with Gasteiger partial charge in [0.1, 0.15) is 0 Å². The van der Waals surface area contributed by atoms with Crippen LogP contribution in [0.3, 0.4) is 0 Å². The number of carbonyl (C=O) groups is 2. The van der Waals surface area contributed by atoms with E-state index in [0.29, 0.717) is 23.4 Å². The zero-order valence-electron chi connectivity index (χ0n) is 15.4. The van der Waals surface area contributed by atoms with Crippen molar-refractivity contribution < 1.29 is 14.3 Å². The summed E-state index contributed by atoms with van der Waals surface area (Å²) in [5.41, 5.74) is 2.34. The first kappa shape index (κ1) is 18.4. The third-order valence-corrected chi connectivity index (χ3v) is 4.17. The van der Waals surface area contributed by atoms with Gasteiger partial charge in [0.15, 0.2) is 5.69 Å². The van der Waals surface area contributed by atoms with Crippen LogP contribution >= 0.6 is 0 Å². The monoisotopic (exact) mass is 367 g/mol. The average molecular weight is 367 g/mol. The molecule has 2 aromatic heterocycles. The van der Waals surface area contributed by atoms with Crippen LogP contribution in [0.4, 0.5) is 0 Å². The van der Waals surface area contributed by atoms with Crippen LogP contribution in [-0.2, 0) is 18.3 Å². The maximum absolute atomic E-state index is 12.4. The molecular formula is C19H21N5O3. The summed E-state index contributed by atoms with van der Waals surface area (Å²) >= 11 is 0. The first-order valence-corrected chi connectivity index (χ1v) is 8.48. The lowest BCUT2D eigenvalue weighted by Crippen LogP contribution is -2.35. The fourth-order valence-corrected chi connectivity index (χ4v) is 2.83. The molecule has 8 heteroatoms. The first-order chi connectivity index (χ1) is 13.0. The Kier molecular flexibility index (Phi) is 5.35. The van der Waals surface area contributed by atoms with Crippen LogP contribution < -0.4 is 5.32 Å². The van der Waals surface area contributed by atoms with Gasteiger partial charge in [0.05, 0.1) is 19.9 Å². The van der Waals surface area contributed by atoms with Gasteiger partial charge in [-0.3, -0.25) is 14.2 Å². The Balaban J connectivity index is 1.72. The third kappa shape index (κ3) is 4.05. The molecule has 0 spiro atoms. The van der Waals surface area contributed by atoms with E-state index in [1.807, 2.05) is 19.2 Å². The Morgan fingerprint density at radius 3 is 2.59 bits per heavy atom. The molecule has 8 nitrogen and oxygen atoms in total. The molecule has 0 bridgehead atoms. The lowest BCUT2D eigenvalue weighted by molar-refractivity contribution is 0.0589. The summed E-state index contributed by atoms with van der Waals surface area (Å²) < 4.78 is 8.05. The van der Waals surface area contributed by atoms with Crippen LogP contribution in [0.1, 0.15) is 27.8 Å². The number of hydrogen-bond donors (Lipinski definition) is 1. The van der Waals surface area contributed by atoms with Gasteiger partial charge in [-0.15, -0.1) is 0 Å². The van der Waals surface area contributed by atoms with Crippen LogP contribution in [0.5, 0.6) is 0 Å². The van der Waals surface area contributed by atoms with Crippen LogP contribution in [0.25, 0.3) is 11.1 Å². The number of benzene rings is 1. The molecule has 1 aromatic carbocycles. The lowest BCUT2D eigenvalue weighted by Gasteiger charge is -2.14. The number of aromatic nitrogens is 4. The maximum atomic E-state index is 12.4. The highest BCUT2D eigenvalue weighted by molar-refractivity contribution is 5.97. The van der Waals surface area contributed by atoms with Gasteiger partial charge in [-0.1, -0.05) is 12.1 Å². The second-order valence-corrected chi connectivity index (χ2v) is 6.20. The molecule has 1 atom stereocenters. The number of hydrogen-bond acceptors (Lipinski definition) is 5. The topological polar surface area (TPSA) is 91.0 Å². The summed E-state index contributed by atoms with van der Waals surface area (Å²) in [6, 6.07) is 8.79. The zero-order valence-corrected chi connectivity index (χ0v) is 15.4. The zero-order chi connectivity index (χ0) is 19.4. The van der Waals surface area contributed by atoms with Gasteiger partial charge in [0.2, 0.25) is 0 Å². The van der Waals surface area contributed by atoms with E-state index in [0.717, 1.165) is 5.56 Å². The number of rotatable bonds is 6. The Labute approximate surface area is 156 Å². The summed E-state index contributed by atoms with van der Waals surface area (Å²) in [7, 11) is 3.01. The molecule has 140 valence electrons. The molecule has 0 aliphatic carbocycles. The smallest absolute Gasteiger partial charge is 0.356 e. The number of amides is 1. The molecule has 0 radical (unpaired) electrons. The van der Waals surface area contributed by atoms with Crippen molar-refractivity contribution in [2.45, 2.75) is 19.5 Å². The Hall–Kier alpha value is -3.42. The van der Waals surface area contributed by atoms with Crippen molar-refractivity contribution in [3.05, 3.63) is 60.2 Å². The minimum Gasteiger partial charge on any atom is -0.464 e. The summed E-state index contributed by atoms with van der Waals surface area (Å²) in [6.07, 6.45) is 5.16. The summed E-state index contributed by atoms with van der Waals surface area (Å²) in [5, 5.41) is 11.2. The van der Waals surface area contributed by atoms with E-state index in [-0.39, 0.29) is 11.9 Å². The highest BCUT2D eigenvalue weighted by Gasteiger charge is 2.19. The highest BCUT2D eigenvalue weighted by Crippen LogP contribution is 2.24. The summed E-state index contributed by atoms with van der Waals surface area (Å²) in [5.74, 6) is -0.625. The van der Waals surface area contributed by atoms with Gasteiger partial charge < -0.3 is 10.1 Å². The van der Waals surface area contributed by atoms with E-state index in [1.54, 1.807) is 48.4 Å². The largest absolute Gasteiger partial charge is 0.464 e. The first-order valence-electron chi connectivity index (χ1n) is 8.48. The molecule has 27 heavy (non-hydrogen) atoms. The van der Waals surface area contributed by atoms with E-state index in [1.165, 1.54) is 11.8 Å².